The van der Waals surface area contributed by atoms with Gasteiger partial charge in [0.2, 0.25) is 0 Å². The number of thiophene rings is 1. The molecule has 0 aromatic carbocycles. The van der Waals surface area contributed by atoms with E-state index in [1.165, 1.54) is 4.88 Å². The molecule has 3 rings (SSSR count). The fraction of sp³-hybridized carbons (Fsp3) is 0.750. The number of aliphatic imine (C=N–C) groups is 1. The van der Waals surface area contributed by atoms with Gasteiger partial charge in [-0.3, -0.25) is 14.8 Å². The normalized spacial score (nSPS) is 25.5. The molecule has 0 amide bonds. The first-order valence-electron chi connectivity index (χ1n) is 10.1. The molecule has 2 N–H and O–H groups in total. The highest BCUT2D eigenvalue weighted by atomic mass is 127. The van der Waals surface area contributed by atoms with E-state index in [0.29, 0.717) is 24.0 Å². The highest BCUT2D eigenvalue weighted by Crippen LogP contribution is 2.25. The number of hydrogen-bond donors (Lipinski definition) is 2. The number of morpholine rings is 1. The van der Waals surface area contributed by atoms with Crippen LogP contribution in [0.25, 0.3) is 0 Å². The fourth-order valence-corrected chi connectivity index (χ4v) is 4.82. The number of halogens is 1. The SMILES string of the molecule is CN=C(NCC(c1cccs1)N1CCOCC1)NC1CN(C(C)C)CC1C.I. The van der Waals surface area contributed by atoms with E-state index in [-0.39, 0.29) is 24.0 Å². The lowest BCUT2D eigenvalue weighted by Gasteiger charge is -2.34. The Morgan fingerprint density at radius 3 is 2.61 bits per heavy atom. The zero-order valence-electron chi connectivity index (χ0n) is 17.6. The molecular formula is C20H36IN5OS. The number of nitrogens with zero attached hydrogens (tertiary/aromatic N) is 3. The third-order valence-electron chi connectivity index (χ3n) is 5.74. The Balaban J connectivity index is 0.00000280. The predicted octanol–water partition coefficient (Wildman–Crippen LogP) is 2.63. The van der Waals surface area contributed by atoms with E-state index >= 15 is 0 Å². The average Bonchev–Trinajstić information content (AvgIpc) is 3.32. The van der Waals surface area contributed by atoms with Crippen molar-refractivity contribution in [1.29, 1.82) is 0 Å². The Morgan fingerprint density at radius 1 is 1.29 bits per heavy atom. The summed E-state index contributed by atoms with van der Waals surface area (Å²) in [6.07, 6.45) is 0. The van der Waals surface area contributed by atoms with Crippen LogP contribution in [0.3, 0.4) is 0 Å². The zero-order valence-corrected chi connectivity index (χ0v) is 20.7. The topological polar surface area (TPSA) is 52.1 Å². The molecule has 3 atom stereocenters. The quantitative estimate of drug-likeness (QED) is 0.343. The molecule has 2 aliphatic heterocycles. The number of nitrogens with one attached hydrogen (secondary N) is 2. The molecule has 0 spiro atoms. The van der Waals surface area contributed by atoms with Crippen molar-refractivity contribution in [1.82, 2.24) is 20.4 Å². The van der Waals surface area contributed by atoms with Crippen LogP contribution in [0, 0.1) is 5.92 Å². The summed E-state index contributed by atoms with van der Waals surface area (Å²) in [6.45, 7) is 13.6. The van der Waals surface area contributed by atoms with Crippen LogP contribution in [0.15, 0.2) is 22.5 Å². The van der Waals surface area contributed by atoms with Crippen LogP contribution >= 0.6 is 35.3 Å². The minimum Gasteiger partial charge on any atom is -0.379 e. The Kier molecular flexibility index (Phi) is 9.96. The van der Waals surface area contributed by atoms with Crippen molar-refractivity contribution >= 4 is 41.3 Å². The molecule has 8 heteroatoms. The first-order chi connectivity index (χ1) is 13.1. The molecule has 2 aliphatic rings. The minimum absolute atomic E-state index is 0. The second kappa shape index (κ2) is 11.7. The van der Waals surface area contributed by atoms with Gasteiger partial charge < -0.3 is 15.4 Å². The Labute approximate surface area is 191 Å². The standard InChI is InChI=1S/C20H35N5OS.HI/c1-15(2)25-13-16(3)17(14-25)23-20(21-4)22-12-18(19-6-5-11-27-19)24-7-9-26-10-8-24;/h5-6,11,15-18H,7-10,12-14H2,1-4H3,(H2,21,22,23);1H. The molecule has 28 heavy (non-hydrogen) atoms. The van der Waals surface area contributed by atoms with Crippen LogP contribution in [-0.2, 0) is 4.74 Å². The molecule has 0 aliphatic carbocycles. The van der Waals surface area contributed by atoms with Gasteiger partial charge in [0.25, 0.3) is 0 Å². The summed E-state index contributed by atoms with van der Waals surface area (Å²) in [7, 11) is 1.87. The third kappa shape index (κ3) is 6.29. The maximum Gasteiger partial charge on any atom is 0.191 e. The van der Waals surface area contributed by atoms with Gasteiger partial charge in [0.15, 0.2) is 5.96 Å². The molecule has 0 saturated carbocycles. The van der Waals surface area contributed by atoms with Crippen molar-refractivity contribution in [3.05, 3.63) is 22.4 Å². The highest BCUT2D eigenvalue weighted by Gasteiger charge is 2.31. The van der Waals surface area contributed by atoms with E-state index in [0.717, 1.165) is 51.9 Å². The maximum atomic E-state index is 5.54. The van der Waals surface area contributed by atoms with Crippen molar-refractivity contribution in [2.45, 2.75) is 38.9 Å². The maximum absolute atomic E-state index is 5.54. The van der Waals surface area contributed by atoms with Crippen LogP contribution in [0.1, 0.15) is 31.7 Å². The van der Waals surface area contributed by atoms with Gasteiger partial charge in [-0.15, -0.1) is 35.3 Å². The summed E-state index contributed by atoms with van der Waals surface area (Å²) in [5, 5.41) is 9.42. The molecule has 2 fully saturated rings. The van der Waals surface area contributed by atoms with E-state index in [1.54, 1.807) is 0 Å². The van der Waals surface area contributed by atoms with Crippen LogP contribution < -0.4 is 10.6 Å². The van der Waals surface area contributed by atoms with Crippen molar-refractivity contribution in [3.63, 3.8) is 0 Å². The monoisotopic (exact) mass is 521 g/mol. The van der Waals surface area contributed by atoms with E-state index in [1.807, 2.05) is 18.4 Å². The summed E-state index contributed by atoms with van der Waals surface area (Å²) in [4.78, 5) is 11.0. The van der Waals surface area contributed by atoms with Gasteiger partial charge in [-0.1, -0.05) is 13.0 Å². The number of hydrogen-bond acceptors (Lipinski definition) is 5. The van der Waals surface area contributed by atoms with Crippen LogP contribution in [0.2, 0.25) is 0 Å². The number of likely N-dealkylation sites (tertiary alicyclic amines) is 1. The van der Waals surface area contributed by atoms with Gasteiger partial charge in [0.1, 0.15) is 0 Å². The first-order valence-corrected chi connectivity index (χ1v) is 11.0. The molecule has 3 unspecified atom stereocenters. The number of rotatable bonds is 6. The smallest absolute Gasteiger partial charge is 0.191 e. The lowest BCUT2D eigenvalue weighted by Crippen LogP contribution is -2.50. The zero-order chi connectivity index (χ0) is 19.2. The Morgan fingerprint density at radius 2 is 2.04 bits per heavy atom. The average molecular weight is 522 g/mol. The van der Waals surface area contributed by atoms with Gasteiger partial charge in [0, 0.05) is 56.7 Å². The third-order valence-corrected chi connectivity index (χ3v) is 6.71. The van der Waals surface area contributed by atoms with E-state index in [4.69, 9.17) is 4.74 Å². The van der Waals surface area contributed by atoms with E-state index in [9.17, 15) is 0 Å². The van der Waals surface area contributed by atoms with Crippen molar-refractivity contribution in [2.24, 2.45) is 10.9 Å². The Hall–Kier alpha value is -0.420. The van der Waals surface area contributed by atoms with E-state index < -0.39 is 0 Å². The lowest BCUT2D eigenvalue weighted by atomic mass is 10.1. The largest absolute Gasteiger partial charge is 0.379 e. The Bertz CT molecular complexity index is 591. The van der Waals surface area contributed by atoms with E-state index in [2.05, 4.69) is 63.7 Å². The minimum atomic E-state index is 0. The number of guanidine groups is 1. The van der Waals surface area contributed by atoms with Gasteiger partial charge >= 0.3 is 0 Å². The van der Waals surface area contributed by atoms with Gasteiger partial charge in [-0.05, 0) is 31.2 Å². The molecule has 2 saturated heterocycles. The summed E-state index contributed by atoms with van der Waals surface area (Å²) < 4.78 is 5.54. The molecule has 1 aromatic rings. The number of ether oxygens (including phenoxy) is 1. The lowest BCUT2D eigenvalue weighted by molar-refractivity contribution is 0.0177. The molecule has 3 heterocycles. The van der Waals surface area contributed by atoms with Crippen molar-refractivity contribution < 1.29 is 4.74 Å². The van der Waals surface area contributed by atoms with Crippen molar-refractivity contribution in [2.75, 3.05) is 53.0 Å². The second-order valence-electron chi connectivity index (χ2n) is 7.91. The molecule has 1 aromatic heterocycles. The first kappa shape index (κ1) is 23.9. The van der Waals surface area contributed by atoms with Crippen molar-refractivity contribution in [3.8, 4) is 0 Å². The van der Waals surface area contributed by atoms with Gasteiger partial charge in [-0.2, -0.15) is 0 Å². The molecule has 0 bridgehead atoms. The summed E-state index contributed by atoms with van der Waals surface area (Å²) in [6, 6.07) is 5.78. The summed E-state index contributed by atoms with van der Waals surface area (Å²) in [5.74, 6) is 1.53. The van der Waals surface area contributed by atoms with Gasteiger partial charge in [0.05, 0.1) is 19.3 Å². The van der Waals surface area contributed by atoms with Crippen LogP contribution in [0.5, 0.6) is 0 Å². The summed E-state index contributed by atoms with van der Waals surface area (Å²) >= 11 is 1.83. The molecule has 6 nitrogen and oxygen atoms in total. The molecular weight excluding hydrogens is 485 g/mol. The summed E-state index contributed by atoms with van der Waals surface area (Å²) in [5.41, 5.74) is 0. The van der Waals surface area contributed by atoms with Gasteiger partial charge in [-0.25, -0.2) is 0 Å². The van der Waals surface area contributed by atoms with Crippen LogP contribution in [-0.4, -0.2) is 80.8 Å². The van der Waals surface area contributed by atoms with Crippen LogP contribution in [0.4, 0.5) is 0 Å². The molecule has 160 valence electrons. The fourth-order valence-electron chi connectivity index (χ4n) is 3.96. The molecule has 0 radical (unpaired) electrons. The predicted molar refractivity (Wildman–Crippen MR) is 129 cm³/mol. The highest BCUT2D eigenvalue weighted by molar-refractivity contribution is 14.0. The second-order valence-corrected chi connectivity index (χ2v) is 8.89.